The van der Waals surface area contributed by atoms with Gasteiger partial charge in [-0.3, -0.25) is 4.68 Å². The van der Waals surface area contributed by atoms with Crippen LogP contribution in [-0.4, -0.2) is 34.0 Å². The van der Waals surface area contributed by atoms with Gasteiger partial charge in [-0.2, -0.15) is 5.10 Å². The van der Waals surface area contributed by atoms with Crippen molar-refractivity contribution < 1.29 is 4.74 Å². The van der Waals surface area contributed by atoms with Crippen molar-refractivity contribution in [3.05, 3.63) is 42.5 Å². The van der Waals surface area contributed by atoms with E-state index in [0.29, 0.717) is 18.0 Å². The summed E-state index contributed by atoms with van der Waals surface area (Å²) in [5, 5.41) is 7.76. The minimum Gasteiger partial charge on any atom is -0.497 e. The van der Waals surface area contributed by atoms with Crippen LogP contribution in [0.2, 0.25) is 0 Å². The number of rotatable bonds is 7. The fourth-order valence-electron chi connectivity index (χ4n) is 2.45. The molecule has 1 aromatic carbocycles. The van der Waals surface area contributed by atoms with E-state index in [1.807, 2.05) is 16.8 Å². The molecule has 0 amide bonds. The highest BCUT2D eigenvalue weighted by atomic mass is 16.5. The van der Waals surface area contributed by atoms with Gasteiger partial charge < -0.3 is 10.1 Å². The molecule has 0 aliphatic rings. The molecule has 0 spiro atoms. The van der Waals surface area contributed by atoms with Gasteiger partial charge in [-0.25, -0.2) is 4.98 Å². The first-order valence-corrected chi connectivity index (χ1v) is 7.32. The molecule has 0 bridgehead atoms. The molecule has 0 fully saturated rings. The third kappa shape index (κ3) is 4.29. The van der Waals surface area contributed by atoms with E-state index in [1.54, 1.807) is 19.8 Å². The number of hydrogen-bond donors (Lipinski definition) is 1. The van der Waals surface area contributed by atoms with E-state index in [1.165, 1.54) is 5.56 Å². The van der Waals surface area contributed by atoms with Crippen molar-refractivity contribution in [1.82, 2.24) is 20.1 Å². The zero-order valence-electron chi connectivity index (χ0n) is 13.2. The molecule has 114 valence electrons. The first kappa shape index (κ1) is 15.5. The molecule has 21 heavy (non-hydrogen) atoms. The Morgan fingerprint density at radius 3 is 2.48 bits per heavy atom. The first-order chi connectivity index (χ1) is 10.1. The number of aromatic nitrogens is 3. The van der Waals surface area contributed by atoms with Gasteiger partial charge in [0, 0.05) is 12.1 Å². The summed E-state index contributed by atoms with van der Waals surface area (Å²) in [6.07, 6.45) is 3.31. The van der Waals surface area contributed by atoms with Crippen LogP contribution in [0.5, 0.6) is 5.75 Å². The number of nitrogens with zero attached hydrogens (tertiary/aromatic N) is 3. The molecule has 2 rings (SSSR count). The standard InChI is InChI=1S/C16H24N4O/c1-12(9-20-11-17-10-18-20)19-14(3)13(2)15-5-7-16(21-4)8-6-15/h5-8,10-14,19H,9H2,1-4H3/t12-,13-,14+/m1/s1. The minimum absolute atomic E-state index is 0.336. The summed E-state index contributed by atoms with van der Waals surface area (Å²) >= 11 is 0. The number of hydrogen-bond acceptors (Lipinski definition) is 4. The summed E-state index contributed by atoms with van der Waals surface area (Å²) in [6.45, 7) is 7.44. The summed E-state index contributed by atoms with van der Waals surface area (Å²) < 4.78 is 7.05. The third-order valence-electron chi connectivity index (χ3n) is 3.87. The number of nitrogens with one attached hydrogen (secondary N) is 1. The molecule has 3 atom stereocenters. The zero-order chi connectivity index (χ0) is 15.2. The van der Waals surface area contributed by atoms with Gasteiger partial charge in [0.1, 0.15) is 18.4 Å². The van der Waals surface area contributed by atoms with Crippen molar-refractivity contribution in [3.8, 4) is 5.75 Å². The van der Waals surface area contributed by atoms with E-state index in [0.717, 1.165) is 12.3 Å². The molecular weight excluding hydrogens is 264 g/mol. The molecule has 1 heterocycles. The van der Waals surface area contributed by atoms with Crippen molar-refractivity contribution >= 4 is 0 Å². The predicted molar refractivity (Wildman–Crippen MR) is 83.5 cm³/mol. The Hall–Kier alpha value is -1.88. The Morgan fingerprint density at radius 2 is 1.90 bits per heavy atom. The minimum atomic E-state index is 0.336. The molecule has 5 heteroatoms. The van der Waals surface area contributed by atoms with Gasteiger partial charge in [-0.05, 0) is 37.5 Å². The monoisotopic (exact) mass is 288 g/mol. The molecule has 1 N–H and O–H groups in total. The molecule has 0 aliphatic heterocycles. The topological polar surface area (TPSA) is 52.0 Å². The molecular formula is C16H24N4O. The van der Waals surface area contributed by atoms with Crippen molar-refractivity contribution in [3.63, 3.8) is 0 Å². The lowest BCUT2D eigenvalue weighted by Crippen LogP contribution is -2.40. The van der Waals surface area contributed by atoms with E-state index in [-0.39, 0.29) is 0 Å². The molecule has 0 radical (unpaired) electrons. The fraction of sp³-hybridized carbons (Fsp3) is 0.500. The second-order valence-electron chi connectivity index (χ2n) is 5.54. The lowest BCUT2D eigenvalue weighted by Gasteiger charge is -2.25. The van der Waals surface area contributed by atoms with Crippen LogP contribution in [0.1, 0.15) is 32.3 Å². The highest BCUT2D eigenvalue weighted by Gasteiger charge is 2.16. The van der Waals surface area contributed by atoms with E-state index in [9.17, 15) is 0 Å². The number of ether oxygens (including phenoxy) is 1. The summed E-state index contributed by atoms with van der Waals surface area (Å²) in [5.74, 6) is 1.32. The maximum absolute atomic E-state index is 5.20. The maximum Gasteiger partial charge on any atom is 0.137 e. The Kier molecular flexibility index (Phi) is 5.33. The fourth-order valence-corrected chi connectivity index (χ4v) is 2.45. The molecule has 5 nitrogen and oxygen atoms in total. The smallest absolute Gasteiger partial charge is 0.137 e. The van der Waals surface area contributed by atoms with Crippen molar-refractivity contribution in [2.24, 2.45) is 0 Å². The largest absolute Gasteiger partial charge is 0.497 e. The summed E-state index contributed by atoms with van der Waals surface area (Å²) in [4.78, 5) is 3.97. The number of benzene rings is 1. The summed E-state index contributed by atoms with van der Waals surface area (Å²) in [6, 6.07) is 8.99. The Labute approximate surface area is 126 Å². The molecule has 0 saturated carbocycles. The van der Waals surface area contributed by atoms with Crippen molar-refractivity contribution in [2.75, 3.05) is 7.11 Å². The Morgan fingerprint density at radius 1 is 1.19 bits per heavy atom. The highest BCUT2D eigenvalue weighted by Crippen LogP contribution is 2.22. The molecule has 0 aliphatic carbocycles. The Balaban J connectivity index is 1.90. The van der Waals surface area contributed by atoms with Crippen LogP contribution in [0.25, 0.3) is 0 Å². The second kappa shape index (κ2) is 7.22. The van der Waals surface area contributed by atoms with Gasteiger partial charge in [0.25, 0.3) is 0 Å². The third-order valence-corrected chi connectivity index (χ3v) is 3.87. The van der Waals surface area contributed by atoms with Crippen LogP contribution in [0.3, 0.4) is 0 Å². The van der Waals surface area contributed by atoms with Gasteiger partial charge in [-0.1, -0.05) is 19.1 Å². The summed E-state index contributed by atoms with van der Waals surface area (Å²) in [5.41, 5.74) is 1.31. The van der Waals surface area contributed by atoms with E-state index >= 15 is 0 Å². The van der Waals surface area contributed by atoms with Gasteiger partial charge >= 0.3 is 0 Å². The predicted octanol–water partition coefficient (Wildman–Crippen LogP) is 2.46. The zero-order valence-corrected chi connectivity index (χ0v) is 13.2. The second-order valence-corrected chi connectivity index (χ2v) is 5.54. The normalized spacial score (nSPS) is 15.4. The van der Waals surface area contributed by atoms with Crippen molar-refractivity contribution in [2.45, 2.75) is 45.3 Å². The van der Waals surface area contributed by atoms with Gasteiger partial charge in [0.05, 0.1) is 13.7 Å². The lowest BCUT2D eigenvalue weighted by atomic mass is 9.94. The SMILES string of the molecule is COc1ccc([C@H](C)[C@H](C)N[C@H](C)Cn2cncn2)cc1. The van der Waals surface area contributed by atoms with Crippen LogP contribution < -0.4 is 10.1 Å². The molecule has 2 aromatic rings. The van der Waals surface area contributed by atoms with Gasteiger partial charge in [-0.15, -0.1) is 0 Å². The Bertz CT molecular complexity index is 524. The van der Waals surface area contributed by atoms with Crippen LogP contribution in [-0.2, 0) is 6.54 Å². The van der Waals surface area contributed by atoms with E-state index in [4.69, 9.17) is 4.74 Å². The molecule has 0 saturated heterocycles. The van der Waals surface area contributed by atoms with Gasteiger partial charge in [0.2, 0.25) is 0 Å². The first-order valence-electron chi connectivity index (χ1n) is 7.32. The maximum atomic E-state index is 5.20. The average molecular weight is 288 g/mol. The highest BCUT2D eigenvalue weighted by molar-refractivity contribution is 5.29. The average Bonchev–Trinajstić information content (AvgIpc) is 2.99. The van der Waals surface area contributed by atoms with E-state index in [2.05, 4.69) is 48.3 Å². The van der Waals surface area contributed by atoms with Gasteiger partial charge in [0.15, 0.2) is 0 Å². The lowest BCUT2D eigenvalue weighted by molar-refractivity contribution is 0.379. The van der Waals surface area contributed by atoms with Crippen LogP contribution in [0, 0.1) is 0 Å². The molecule has 0 unspecified atom stereocenters. The van der Waals surface area contributed by atoms with E-state index < -0.39 is 0 Å². The van der Waals surface area contributed by atoms with Crippen molar-refractivity contribution in [1.29, 1.82) is 0 Å². The molecule has 1 aromatic heterocycles. The number of methoxy groups -OCH3 is 1. The quantitative estimate of drug-likeness (QED) is 0.850. The summed E-state index contributed by atoms with van der Waals surface area (Å²) in [7, 11) is 1.69. The van der Waals surface area contributed by atoms with Crippen LogP contribution in [0.15, 0.2) is 36.9 Å². The van der Waals surface area contributed by atoms with Crippen LogP contribution >= 0.6 is 0 Å². The van der Waals surface area contributed by atoms with Crippen LogP contribution in [0.4, 0.5) is 0 Å².